The summed E-state index contributed by atoms with van der Waals surface area (Å²) in [5.74, 6) is -0.929. The van der Waals surface area contributed by atoms with E-state index in [4.69, 9.17) is 20.4 Å². The maximum absolute atomic E-state index is 12.6. The minimum absolute atomic E-state index is 0.0572. The van der Waals surface area contributed by atoms with E-state index in [1.165, 1.54) is 12.3 Å². The Kier molecular flexibility index (Phi) is 6.09. The quantitative estimate of drug-likeness (QED) is 0.521. The average Bonchev–Trinajstić information content (AvgIpc) is 3.45. The highest BCUT2D eigenvalue weighted by Gasteiger charge is 2.28. The molecule has 32 heavy (non-hydrogen) atoms. The summed E-state index contributed by atoms with van der Waals surface area (Å²) < 4.78 is 10.7. The number of carbonyl (C=O) groups excluding carboxylic acids is 3. The number of aryl methyl sites for hydroxylation is 1. The maximum Gasteiger partial charge on any atom is 0.305 e. The van der Waals surface area contributed by atoms with Crippen LogP contribution in [-0.4, -0.2) is 23.4 Å². The first-order valence-electron chi connectivity index (χ1n) is 9.84. The molecule has 2 aromatic heterocycles. The number of halogens is 1. The number of benzene rings is 1. The van der Waals surface area contributed by atoms with Crippen LogP contribution in [0.4, 0.5) is 0 Å². The first-order valence-corrected chi connectivity index (χ1v) is 10.2. The SMILES string of the molecule is Cc1c(C(=O)NNC(=O)c2ccco2)oc2c1/C(=N/NC(=O)c1ccccc1Cl)CCC2. The van der Waals surface area contributed by atoms with Crippen molar-refractivity contribution >= 4 is 35.0 Å². The smallest absolute Gasteiger partial charge is 0.305 e. The van der Waals surface area contributed by atoms with Crippen LogP contribution in [0.2, 0.25) is 5.02 Å². The van der Waals surface area contributed by atoms with Gasteiger partial charge in [0.1, 0.15) is 5.76 Å². The van der Waals surface area contributed by atoms with E-state index in [0.717, 1.165) is 6.42 Å². The molecule has 1 aromatic carbocycles. The molecule has 4 rings (SSSR count). The molecule has 10 heteroatoms. The molecule has 0 radical (unpaired) electrons. The summed E-state index contributed by atoms with van der Waals surface area (Å²) in [5, 5.41) is 4.59. The highest BCUT2D eigenvalue weighted by molar-refractivity contribution is 6.33. The van der Waals surface area contributed by atoms with Gasteiger partial charge >= 0.3 is 11.8 Å². The van der Waals surface area contributed by atoms with Crippen LogP contribution in [0.1, 0.15) is 61.2 Å². The van der Waals surface area contributed by atoms with Crippen LogP contribution in [0.3, 0.4) is 0 Å². The van der Waals surface area contributed by atoms with Gasteiger partial charge in [-0.2, -0.15) is 5.10 Å². The van der Waals surface area contributed by atoms with Crippen molar-refractivity contribution in [3.63, 3.8) is 0 Å². The van der Waals surface area contributed by atoms with E-state index in [9.17, 15) is 14.4 Å². The Hall–Kier alpha value is -3.85. The molecule has 3 N–H and O–H groups in total. The number of hydrazine groups is 1. The number of carbonyl (C=O) groups is 3. The second-order valence-electron chi connectivity index (χ2n) is 7.07. The summed E-state index contributed by atoms with van der Waals surface area (Å²) in [7, 11) is 0. The lowest BCUT2D eigenvalue weighted by Gasteiger charge is -2.13. The lowest BCUT2D eigenvalue weighted by molar-refractivity contribution is 0.0815. The number of nitrogens with zero attached hydrogens (tertiary/aromatic N) is 1. The molecular weight excluding hydrogens is 436 g/mol. The fourth-order valence-corrected chi connectivity index (χ4v) is 3.68. The maximum atomic E-state index is 12.6. The molecule has 3 amide bonds. The Morgan fingerprint density at radius 2 is 1.78 bits per heavy atom. The number of hydrazone groups is 1. The Balaban J connectivity index is 1.50. The zero-order chi connectivity index (χ0) is 22.7. The molecule has 3 aromatic rings. The number of hydrogen-bond donors (Lipinski definition) is 3. The van der Waals surface area contributed by atoms with Gasteiger partial charge in [0.15, 0.2) is 11.5 Å². The molecule has 0 fully saturated rings. The number of nitrogens with one attached hydrogen (secondary N) is 3. The highest BCUT2D eigenvalue weighted by Crippen LogP contribution is 2.29. The molecule has 1 aliphatic rings. The van der Waals surface area contributed by atoms with Crippen LogP contribution >= 0.6 is 11.6 Å². The lowest BCUT2D eigenvalue weighted by atomic mass is 9.93. The van der Waals surface area contributed by atoms with Gasteiger partial charge in [0.25, 0.3) is 5.91 Å². The highest BCUT2D eigenvalue weighted by atomic mass is 35.5. The van der Waals surface area contributed by atoms with Crippen molar-refractivity contribution in [1.29, 1.82) is 0 Å². The fraction of sp³-hybridized carbons (Fsp3) is 0.182. The monoisotopic (exact) mass is 454 g/mol. The van der Waals surface area contributed by atoms with Crippen LogP contribution in [0.15, 0.2) is 56.6 Å². The van der Waals surface area contributed by atoms with Crippen molar-refractivity contribution in [3.05, 3.63) is 81.7 Å². The minimum atomic E-state index is -0.615. The van der Waals surface area contributed by atoms with Crippen LogP contribution in [0, 0.1) is 6.92 Å². The Bertz CT molecular complexity index is 1210. The number of hydrogen-bond acceptors (Lipinski definition) is 6. The summed E-state index contributed by atoms with van der Waals surface area (Å²) in [6, 6.07) is 9.70. The average molecular weight is 455 g/mol. The normalized spacial score (nSPS) is 14.0. The van der Waals surface area contributed by atoms with E-state index in [-0.39, 0.29) is 11.5 Å². The van der Waals surface area contributed by atoms with Gasteiger partial charge < -0.3 is 8.83 Å². The molecule has 164 valence electrons. The molecule has 0 saturated carbocycles. The molecule has 9 nitrogen and oxygen atoms in total. The summed E-state index contributed by atoms with van der Waals surface area (Å²) in [5.41, 5.74) is 9.27. The Morgan fingerprint density at radius 3 is 2.53 bits per heavy atom. The first-order chi connectivity index (χ1) is 15.5. The topological polar surface area (TPSA) is 126 Å². The molecule has 0 unspecified atom stereocenters. The fourth-order valence-electron chi connectivity index (χ4n) is 3.46. The summed E-state index contributed by atoms with van der Waals surface area (Å²) in [6.07, 6.45) is 3.33. The van der Waals surface area contributed by atoms with Gasteiger partial charge in [0, 0.05) is 17.5 Å². The first kappa shape index (κ1) is 21.4. The number of amides is 3. The van der Waals surface area contributed by atoms with E-state index >= 15 is 0 Å². The molecule has 0 bridgehead atoms. The van der Waals surface area contributed by atoms with Crippen molar-refractivity contribution in [1.82, 2.24) is 16.3 Å². The van der Waals surface area contributed by atoms with Gasteiger partial charge in [0.2, 0.25) is 0 Å². The zero-order valence-corrected chi connectivity index (χ0v) is 17.8. The van der Waals surface area contributed by atoms with Crippen LogP contribution in [0.25, 0.3) is 0 Å². The molecule has 1 aliphatic carbocycles. The number of rotatable bonds is 4. The zero-order valence-electron chi connectivity index (χ0n) is 17.0. The van der Waals surface area contributed by atoms with Gasteiger partial charge in [-0.15, -0.1) is 0 Å². The van der Waals surface area contributed by atoms with E-state index in [0.29, 0.717) is 46.0 Å². The van der Waals surface area contributed by atoms with Gasteiger partial charge in [-0.25, -0.2) is 5.43 Å². The standard InChI is InChI=1S/C22H19ClN4O5/c1-12-18-15(24-25-20(28)13-6-2-3-7-14(13)23)8-4-9-16(18)32-19(12)22(30)27-26-21(29)17-10-5-11-31-17/h2-3,5-7,10-11H,4,8-9H2,1H3,(H,25,28)(H,26,29)(H,27,30)/b24-15+. The second kappa shape index (κ2) is 9.11. The van der Waals surface area contributed by atoms with Crippen LogP contribution in [-0.2, 0) is 6.42 Å². The molecule has 0 saturated heterocycles. The lowest BCUT2D eigenvalue weighted by Crippen LogP contribution is -2.41. The van der Waals surface area contributed by atoms with Gasteiger partial charge in [-0.1, -0.05) is 23.7 Å². The molecule has 2 heterocycles. The largest absolute Gasteiger partial charge is 0.459 e. The Labute approximate surface area is 187 Å². The number of furan rings is 2. The minimum Gasteiger partial charge on any atom is -0.459 e. The van der Waals surface area contributed by atoms with E-state index in [1.807, 2.05) is 0 Å². The van der Waals surface area contributed by atoms with Crippen molar-refractivity contribution in [2.24, 2.45) is 5.10 Å². The van der Waals surface area contributed by atoms with Crippen molar-refractivity contribution < 1.29 is 23.2 Å². The third-order valence-electron chi connectivity index (χ3n) is 4.98. The predicted octanol–water partition coefficient (Wildman–Crippen LogP) is 3.38. The Morgan fingerprint density at radius 1 is 1.00 bits per heavy atom. The number of fused-ring (bicyclic) bond motifs is 1. The summed E-state index contributed by atoms with van der Waals surface area (Å²) >= 11 is 6.07. The third-order valence-corrected chi connectivity index (χ3v) is 5.31. The van der Waals surface area contributed by atoms with Crippen molar-refractivity contribution in [3.8, 4) is 0 Å². The summed E-state index contributed by atoms with van der Waals surface area (Å²) in [6.45, 7) is 1.72. The predicted molar refractivity (Wildman–Crippen MR) is 115 cm³/mol. The molecular formula is C22H19ClN4O5. The van der Waals surface area contributed by atoms with Crippen molar-refractivity contribution in [2.45, 2.75) is 26.2 Å². The van der Waals surface area contributed by atoms with Gasteiger partial charge in [-0.05, 0) is 44.0 Å². The second-order valence-corrected chi connectivity index (χ2v) is 7.48. The van der Waals surface area contributed by atoms with E-state index in [1.54, 1.807) is 37.3 Å². The third kappa shape index (κ3) is 4.28. The van der Waals surface area contributed by atoms with Crippen molar-refractivity contribution in [2.75, 3.05) is 0 Å². The van der Waals surface area contributed by atoms with Gasteiger partial charge in [-0.3, -0.25) is 25.2 Å². The molecule has 0 atom stereocenters. The van der Waals surface area contributed by atoms with E-state index in [2.05, 4.69) is 21.4 Å². The molecule has 0 aliphatic heterocycles. The van der Waals surface area contributed by atoms with Crippen LogP contribution < -0.4 is 16.3 Å². The molecule has 0 spiro atoms. The summed E-state index contributed by atoms with van der Waals surface area (Å²) in [4.78, 5) is 36.9. The van der Waals surface area contributed by atoms with Gasteiger partial charge in [0.05, 0.1) is 22.6 Å². The van der Waals surface area contributed by atoms with Crippen LogP contribution in [0.5, 0.6) is 0 Å². The van der Waals surface area contributed by atoms with E-state index < -0.39 is 17.7 Å².